The molecule has 134 valence electrons. The summed E-state index contributed by atoms with van der Waals surface area (Å²) in [6.45, 7) is 10.7. The lowest BCUT2D eigenvalue weighted by atomic mass is 10.2. The molecule has 7 nitrogen and oxygen atoms in total. The quantitative estimate of drug-likeness (QED) is 0.609. The van der Waals surface area contributed by atoms with Crippen LogP contribution in [0.5, 0.6) is 0 Å². The van der Waals surface area contributed by atoms with Gasteiger partial charge in [-0.25, -0.2) is 4.99 Å². The summed E-state index contributed by atoms with van der Waals surface area (Å²) in [5.74, 6) is 1.77. The number of carbonyl (C=O) groups is 1. The Morgan fingerprint density at radius 1 is 1.50 bits per heavy atom. The standard InChI is InChI=1S/C17H29N5O2/c1-5-13-9-15(24-21-13)10-19-17(18-6-2)20-14-7-8-22(11-14)16(23)12(3)4/h9,12,14H,5-8,10-11H2,1-4H3,(H2,18,19,20). The van der Waals surface area contributed by atoms with E-state index < -0.39 is 0 Å². The van der Waals surface area contributed by atoms with Crippen LogP contribution in [0.15, 0.2) is 15.6 Å². The minimum atomic E-state index is 0.0462. The zero-order chi connectivity index (χ0) is 17.5. The number of likely N-dealkylation sites (tertiary alicyclic amines) is 1. The maximum atomic E-state index is 12.1. The zero-order valence-corrected chi connectivity index (χ0v) is 15.1. The molecule has 0 saturated carbocycles. The van der Waals surface area contributed by atoms with Crippen LogP contribution in [0, 0.1) is 5.92 Å². The molecular formula is C17H29N5O2. The predicted octanol–water partition coefficient (Wildman–Crippen LogP) is 1.55. The molecule has 0 aliphatic carbocycles. The minimum absolute atomic E-state index is 0.0462. The van der Waals surface area contributed by atoms with E-state index in [0.29, 0.717) is 6.54 Å². The molecule has 0 bridgehead atoms. The third kappa shape index (κ3) is 4.97. The van der Waals surface area contributed by atoms with Crippen molar-refractivity contribution in [1.82, 2.24) is 20.7 Å². The van der Waals surface area contributed by atoms with Crippen molar-refractivity contribution in [3.8, 4) is 0 Å². The Bertz CT molecular complexity index is 567. The predicted molar refractivity (Wildman–Crippen MR) is 93.7 cm³/mol. The van der Waals surface area contributed by atoms with Gasteiger partial charge in [0.25, 0.3) is 0 Å². The number of hydrogen-bond donors (Lipinski definition) is 2. The molecular weight excluding hydrogens is 306 g/mol. The second-order valence-corrected chi connectivity index (χ2v) is 6.40. The smallest absolute Gasteiger partial charge is 0.225 e. The Balaban J connectivity index is 1.91. The molecule has 1 aliphatic heterocycles. The van der Waals surface area contributed by atoms with Gasteiger partial charge in [0.2, 0.25) is 5.91 Å². The number of nitrogens with zero attached hydrogens (tertiary/aromatic N) is 3. The van der Waals surface area contributed by atoms with Crippen LogP contribution in [-0.2, 0) is 17.8 Å². The molecule has 1 atom stereocenters. The van der Waals surface area contributed by atoms with Gasteiger partial charge in [-0.2, -0.15) is 0 Å². The van der Waals surface area contributed by atoms with Gasteiger partial charge in [0.05, 0.1) is 5.69 Å². The van der Waals surface area contributed by atoms with Crippen LogP contribution in [0.4, 0.5) is 0 Å². The van der Waals surface area contributed by atoms with Crippen LogP contribution in [0.3, 0.4) is 0 Å². The third-order valence-corrected chi connectivity index (χ3v) is 4.04. The number of amides is 1. The van der Waals surface area contributed by atoms with Crippen LogP contribution in [0.1, 0.15) is 45.6 Å². The summed E-state index contributed by atoms with van der Waals surface area (Å²) in [4.78, 5) is 18.6. The van der Waals surface area contributed by atoms with Crippen molar-refractivity contribution >= 4 is 11.9 Å². The van der Waals surface area contributed by atoms with Gasteiger partial charge in [-0.1, -0.05) is 25.9 Å². The average molecular weight is 335 g/mol. The lowest BCUT2D eigenvalue weighted by molar-refractivity contribution is -0.133. The van der Waals surface area contributed by atoms with E-state index in [0.717, 1.165) is 49.9 Å². The fourth-order valence-corrected chi connectivity index (χ4v) is 2.71. The molecule has 24 heavy (non-hydrogen) atoms. The van der Waals surface area contributed by atoms with E-state index in [4.69, 9.17) is 4.52 Å². The highest BCUT2D eigenvalue weighted by atomic mass is 16.5. The van der Waals surface area contributed by atoms with Crippen molar-refractivity contribution in [3.05, 3.63) is 17.5 Å². The number of aryl methyl sites for hydroxylation is 1. The first kappa shape index (κ1) is 18.3. The van der Waals surface area contributed by atoms with Crippen molar-refractivity contribution in [3.63, 3.8) is 0 Å². The summed E-state index contributed by atoms with van der Waals surface area (Å²) >= 11 is 0. The van der Waals surface area contributed by atoms with E-state index in [9.17, 15) is 4.79 Å². The summed E-state index contributed by atoms with van der Waals surface area (Å²) in [5.41, 5.74) is 0.941. The largest absolute Gasteiger partial charge is 0.359 e. The fraction of sp³-hybridized carbons (Fsp3) is 0.706. The lowest BCUT2D eigenvalue weighted by Gasteiger charge is -2.20. The molecule has 1 aromatic rings. The highest BCUT2D eigenvalue weighted by Gasteiger charge is 2.27. The average Bonchev–Trinajstić information content (AvgIpc) is 3.21. The van der Waals surface area contributed by atoms with E-state index in [2.05, 4.69) is 20.8 Å². The van der Waals surface area contributed by atoms with Crippen molar-refractivity contribution in [1.29, 1.82) is 0 Å². The number of hydrogen-bond acceptors (Lipinski definition) is 4. The number of nitrogens with one attached hydrogen (secondary N) is 2. The van der Waals surface area contributed by atoms with Crippen molar-refractivity contribution in [2.75, 3.05) is 19.6 Å². The molecule has 0 radical (unpaired) electrons. The topological polar surface area (TPSA) is 82.8 Å². The van der Waals surface area contributed by atoms with Gasteiger partial charge in [-0.3, -0.25) is 4.79 Å². The molecule has 1 fully saturated rings. The first-order valence-electron chi connectivity index (χ1n) is 8.81. The SMILES string of the molecule is CCNC(=NCc1cc(CC)no1)NC1CCN(C(=O)C(C)C)C1. The molecule has 2 heterocycles. The number of aromatic nitrogens is 1. The van der Waals surface area contributed by atoms with E-state index in [1.807, 2.05) is 38.7 Å². The van der Waals surface area contributed by atoms with E-state index in [-0.39, 0.29) is 17.9 Å². The summed E-state index contributed by atoms with van der Waals surface area (Å²) in [5, 5.41) is 10.6. The maximum absolute atomic E-state index is 12.1. The molecule has 1 aliphatic rings. The Morgan fingerprint density at radius 2 is 2.29 bits per heavy atom. The van der Waals surface area contributed by atoms with E-state index in [1.54, 1.807) is 0 Å². The highest BCUT2D eigenvalue weighted by molar-refractivity contribution is 5.81. The van der Waals surface area contributed by atoms with Crippen LogP contribution in [0.25, 0.3) is 0 Å². The Labute approximate surface area is 143 Å². The maximum Gasteiger partial charge on any atom is 0.225 e. The second-order valence-electron chi connectivity index (χ2n) is 6.40. The Morgan fingerprint density at radius 3 is 2.92 bits per heavy atom. The summed E-state index contributed by atoms with van der Waals surface area (Å²) in [6, 6.07) is 2.16. The number of guanidine groups is 1. The van der Waals surface area contributed by atoms with Gasteiger partial charge >= 0.3 is 0 Å². The van der Waals surface area contributed by atoms with Gasteiger partial charge in [0.15, 0.2) is 11.7 Å². The lowest BCUT2D eigenvalue weighted by Crippen LogP contribution is -2.45. The van der Waals surface area contributed by atoms with Gasteiger partial charge in [0.1, 0.15) is 6.54 Å². The fourth-order valence-electron chi connectivity index (χ4n) is 2.71. The Kier molecular flexibility index (Phi) is 6.63. The van der Waals surface area contributed by atoms with Crippen LogP contribution in [0.2, 0.25) is 0 Å². The van der Waals surface area contributed by atoms with Crippen LogP contribution < -0.4 is 10.6 Å². The van der Waals surface area contributed by atoms with Gasteiger partial charge < -0.3 is 20.1 Å². The molecule has 1 saturated heterocycles. The van der Waals surface area contributed by atoms with Gasteiger partial charge in [0, 0.05) is 37.7 Å². The molecule has 1 amide bonds. The van der Waals surface area contributed by atoms with Crippen molar-refractivity contribution < 1.29 is 9.32 Å². The summed E-state index contributed by atoms with van der Waals surface area (Å²) in [7, 11) is 0. The van der Waals surface area contributed by atoms with Gasteiger partial charge in [-0.05, 0) is 19.8 Å². The first-order chi connectivity index (χ1) is 11.5. The molecule has 0 spiro atoms. The number of rotatable bonds is 6. The molecule has 0 aromatic carbocycles. The normalized spacial score (nSPS) is 18.3. The van der Waals surface area contributed by atoms with E-state index in [1.165, 1.54) is 0 Å². The third-order valence-electron chi connectivity index (χ3n) is 4.04. The first-order valence-corrected chi connectivity index (χ1v) is 8.81. The number of aliphatic imine (C=N–C) groups is 1. The molecule has 1 aromatic heterocycles. The molecule has 2 N–H and O–H groups in total. The zero-order valence-electron chi connectivity index (χ0n) is 15.1. The minimum Gasteiger partial charge on any atom is -0.359 e. The van der Waals surface area contributed by atoms with Gasteiger partial charge in [-0.15, -0.1) is 0 Å². The van der Waals surface area contributed by atoms with Crippen molar-refractivity contribution in [2.24, 2.45) is 10.9 Å². The Hall–Kier alpha value is -2.05. The highest BCUT2D eigenvalue weighted by Crippen LogP contribution is 2.13. The second kappa shape index (κ2) is 8.70. The molecule has 2 rings (SSSR count). The monoisotopic (exact) mass is 335 g/mol. The molecule has 7 heteroatoms. The van der Waals surface area contributed by atoms with Crippen molar-refractivity contribution in [2.45, 2.75) is 53.1 Å². The van der Waals surface area contributed by atoms with Crippen LogP contribution in [-0.4, -0.2) is 47.6 Å². The molecule has 1 unspecified atom stereocenters. The van der Waals surface area contributed by atoms with Crippen LogP contribution >= 0.6 is 0 Å². The summed E-state index contributed by atoms with van der Waals surface area (Å²) < 4.78 is 5.26. The van der Waals surface area contributed by atoms with E-state index >= 15 is 0 Å². The number of carbonyl (C=O) groups excluding carboxylic acids is 1. The summed E-state index contributed by atoms with van der Waals surface area (Å²) in [6.07, 6.45) is 1.79.